The van der Waals surface area contributed by atoms with E-state index in [1.165, 1.54) is 14.2 Å². The molecular formula is C20H29B3O16P2. The molecule has 0 aromatic heterocycles. The van der Waals surface area contributed by atoms with E-state index in [1.54, 1.807) is 0 Å². The van der Waals surface area contributed by atoms with E-state index in [2.05, 4.69) is 0 Å². The summed E-state index contributed by atoms with van der Waals surface area (Å²) < 4.78 is 91.9. The lowest BCUT2D eigenvalue weighted by molar-refractivity contribution is -0.145. The molecule has 0 saturated carbocycles. The Morgan fingerprint density at radius 3 is 1.41 bits per heavy atom. The van der Waals surface area contributed by atoms with Crippen LogP contribution in [-0.4, -0.2) is 159 Å². The molecule has 0 amide bonds. The number of fused-ring (bicyclic) bond motifs is 6. The number of methoxy groups -OCH3 is 2. The molecule has 6 bridgehead atoms. The Kier molecular flexibility index (Phi) is 8.24. The number of phosphoric ester groups is 2. The van der Waals surface area contributed by atoms with Crippen LogP contribution < -0.4 is 0 Å². The Hall–Kier alpha value is 0.0948. The van der Waals surface area contributed by atoms with Gasteiger partial charge >= 0.3 is 15.6 Å². The average Bonchev–Trinajstić information content (AvgIpc) is 3.69. The molecule has 16 nitrogen and oxygen atoms in total. The lowest BCUT2D eigenvalue weighted by atomic mass is 9.92. The number of phosphoric acid groups is 2. The van der Waals surface area contributed by atoms with E-state index in [9.17, 15) is 18.9 Å². The monoisotopic (exact) mass is 620 g/mol. The van der Waals surface area contributed by atoms with E-state index in [0.717, 1.165) is 0 Å². The van der Waals surface area contributed by atoms with Crippen LogP contribution in [0.3, 0.4) is 0 Å². The molecule has 2 N–H and O–H groups in total. The first kappa shape index (κ1) is 31.1. The Labute approximate surface area is 239 Å². The second-order valence-corrected chi connectivity index (χ2v) is 13.7. The first-order chi connectivity index (χ1) is 19.3. The zero-order valence-electron chi connectivity index (χ0n) is 22.2. The molecule has 41 heavy (non-hydrogen) atoms. The molecule has 6 radical (unpaired) electrons. The highest BCUT2D eigenvalue weighted by Gasteiger charge is 2.66. The molecule has 0 aliphatic carbocycles. The van der Waals surface area contributed by atoms with Gasteiger partial charge in [-0.15, -0.1) is 0 Å². The van der Waals surface area contributed by atoms with E-state index >= 15 is 0 Å². The molecule has 6 aliphatic rings. The third-order valence-corrected chi connectivity index (χ3v) is 10.1. The van der Waals surface area contributed by atoms with E-state index in [1.807, 2.05) is 0 Å². The van der Waals surface area contributed by atoms with E-state index in [4.69, 9.17) is 79.5 Å². The van der Waals surface area contributed by atoms with Gasteiger partial charge in [-0.3, -0.25) is 18.1 Å². The summed E-state index contributed by atoms with van der Waals surface area (Å²) in [5, 5.41) is 0. The highest BCUT2D eigenvalue weighted by atomic mass is 31.2. The zero-order chi connectivity index (χ0) is 29.4. The average molecular weight is 620 g/mol. The third-order valence-electron chi connectivity index (χ3n) is 8.17. The van der Waals surface area contributed by atoms with Crippen molar-refractivity contribution in [2.45, 2.75) is 71.4 Å². The highest BCUT2D eigenvalue weighted by molar-refractivity contribution is 7.47. The van der Waals surface area contributed by atoms with Crippen molar-refractivity contribution >= 4 is 39.2 Å². The van der Waals surface area contributed by atoms with Crippen LogP contribution in [0, 0.1) is 0 Å². The molecule has 6 fully saturated rings. The molecule has 224 valence electrons. The summed E-state index contributed by atoms with van der Waals surface area (Å²) in [7, 11) is 11.0. The molecule has 5 unspecified atom stereocenters. The minimum Gasteiger partial charge on any atom is -0.381 e. The number of rotatable bonds is 13. The van der Waals surface area contributed by atoms with E-state index in [-0.39, 0.29) is 26.4 Å². The van der Waals surface area contributed by atoms with Crippen LogP contribution in [0.4, 0.5) is 0 Å². The van der Waals surface area contributed by atoms with Gasteiger partial charge in [0.15, 0.2) is 0 Å². The van der Waals surface area contributed by atoms with Crippen LogP contribution in [0.1, 0.15) is 0 Å². The molecule has 6 saturated heterocycles. The van der Waals surface area contributed by atoms with Crippen molar-refractivity contribution in [3.63, 3.8) is 0 Å². The summed E-state index contributed by atoms with van der Waals surface area (Å²) >= 11 is 0. The largest absolute Gasteiger partial charge is 0.472 e. The molecule has 0 aromatic rings. The van der Waals surface area contributed by atoms with Crippen LogP contribution in [0.25, 0.3) is 0 Å². The van der Waals surface area contributed by atoms with Crippen molar-refractivity contribution in [2.75, 3.05) is 53.9 Å². The molecule has 14 atom stereocenters. The number of hydrogen-bond acceptors (Lipinski definition) is 14. The minimum atomic E-state index is -4.84. The molecule has 6 aliphatic heterocycles. The summed E-state index contributed by atoms with van der Waals surface area (Å²) in [4.78, 5) is 21.2. The maximum absolute atomic E-state index is 13.1. The van der Waals surface area contributed by atoms with Crippen molar-refractivity contribution in [3.8, 4) is 0 Å². The normalized spacial score (nSPS) is 50.9. The van der Waals surface area contributed by atoms with Gasteiger partial charge in [-0.1, -0.05) is 0 Å². The standard InChI is InChI=1S/C20H29B3O16P2/c1-28-3-18-4-31-10(16(22)35-18)13(18)38-41(26,27)34-8-20-6-32-11(17(23)37-20)14(20)39-40(24,25)33-7-19-5-30-9(12(19)29-2)15(21)36-19/h9-17H,3-8H2,1-2H3,(H,24,25)(H,26,27)/t9-,10-,11-,12?,13?,14?,15+,16+,17+,18-,19+,20+/m0/s1. The Morgan fingerprint density at radius 1 is 0.683 bits per heavy atom. The quantitative estimate of drug-likeness (QED) is 0.165. The van der Waals surface area contributed by atoms with Crippen molar-refractivity contribution in [2.24, 2.45) is 0 Å². The number of hydrogen-bond donors (Lipinski definition) is 2. The maximum Gasteiger partial charge on any atom is 0.472 e. The van der Waals surface area contributed by atoms with E-state index in [0.29, 0.717) is 0 Å². The second-order valence-electron chi connectivity index (χ2n) is 10.9. The van der Waals surface area contributed by atoms with Gasteiger partial charge in [0.2, 0.25) is 0 Å². The highest BCUT2D eigenvalue weighted by Crippen LogP contribution is 2.57. The topological polar surface area (TPSA) is 185 Å². The predicted octanol–water partition coefficient (Wildman–Crippen LogP) is -2.36. The van der Waals surface area contributed by atoms with Crippen molar-refractivity contribution in [1.29, 1.82) is 0 Å². The summed E-state index contributed by atoms with van der Waals surface area (Å²) in [6.45, 7) is -1.32. The first-order valence-electron chi connectivity index (χ1n) is 12.8. The van der Waals surface area contributed by atoms with Crippen LogP contribution in [0.15, 0.2) is 0 Å². The fourth-order valence-corrected chi connectivity index (χ4v) is 8.43. The van der Waals surface area contributed by atoms with Crippen molar-refractivity contribution in [3.05, 3.63) is 0 Å². The van der Waals surface area contributed by atoms with Gasteiger partial charge in [-0.2, -0.15) is 0 Å². The fourth-order valence-electron chi connectivity index (χ4n) is 6.35. The third kappa shape index (κ3) is 5.27. The smallest absolute Gasteiger partial charge is 0.381 e. The molecular weight excluding hydrogens is 591 g/mol. The van der Waals surface area contributed by atoms with Gasteiger partial charge in [0.05, 0.1) is 39.6 Å². The number of ether oxygens (including phenoxy) is 8. The van der Waals surface area contributed by atoms with Crippen molar-refractivity contribution < 1.29 is 74.9 Å². The molecule has 21 heteroatoms. The molecule has 0 aromatic carbocycles. The predicted molar refractivity (Wildman–Crippen MR) is 133 cm³/mol. The first-order valence-corrected chi connectivity index (χ1v) is 15.8. The van der Waals surface area contributed by atoms with Crippen LogP contribution in [0.5, 0.6) is 0 Å². The Morgan fingerprint density at radius 2 is 1.05 bits per heavy atom. The van der Waals surface area contributed by atoms with Crippen LogP contribution in [0.2, 0.25) is 0 Å². The lowest BCUT2D eigenvalue weighted by Crippen LogP contribution is -2.47. The van der Waals surface area contributed by atoms with Gasteiger partial charge in [-0.25, -0.2) is 9.13 Å². The second kappa shape index (κ2) is 10.9. The van der Waals surface area contributed by atoms with Gasteiger partial charge < -0.3 is 47.7 Å². The molecule has 6 heterocycles. The fraction of sp³-hybridized carbons (Fsp3) is 1.00. The summed E-state index contributed by atoms with van der Waals surface area (Å²) in [6, 6.07) is -2.83. The van der Waals surface area contributed by atoms with E-state index < -0.39 is 100 Å². The maximum atomic E-state index is 13.1. The Bertz CT molecular complexity index is 1110. The Balaban J connectivity index is 1.11. The molecule has 0 spiro atoms. The SMILES string of the molecule is [B][C@@H]1O[C@@]2(COP(=O)(O)OC3[C@@H]4OC[C@]3(COP(=O)(O)OC3[C@@H]5OC[C@]3(COC)O[C@H]5[B])O[C@H]4[B])CO[C@H]1C2OC. The summed E-state index contributed by atoms with van der Waals surface area (Å²) in [5.41, 5.74) is -4.09. The van der Waals surface area contributed by atoms with Crippen LogP contribution >= 0.6 is 15.6 Å². The molecule has 6 rings (SSSR count). The summed E-state index contributed by atoms with van der Waals surface area (Å²) in [5.74, 6) is 0. The van der Waals surface area contributed by atoms with Gasteiger partial charge in [0.1, 0.15) is 77.0 Å². The van der Waals surface area contributed by atoms with Gasteiger partial charge in [0.25, 0.3) is 0 Å². The van der Waals surface area contributed by atoms with Gasteiger partial charge in [-0.05, 0) is 0 Å². The van der Waals surface area contributed by atoms with Gasteiger partial charge in [0, 0.05) is 32.2 Å². The van der Waals surface area contributed by atoms with Crippen molar-refractivity contribution in [1.82, 2.24) is 0 Å². The summed E-state index contributed by atoms with van der Waals surface area (Å²) in [6.07, 6.45) is -5.47. The lowest BCUT2D eigenvalue weighted by Gasteiger charge is -2.33. The zero-order valence-corrected chi connectivity index (χ0v) is 24.0. The van der Waals surface area contributed by atoms with Crippen LogP contribution in [-0.2, 0) is 65.1 Å². The minimum absolute atomic E-state index is 0.0167.